The van der Waals surface area contributed by atoms with Crippen molar-refractivity contribution in [3.05, 3.63) is 107 Å². The SMILES string of the molecule is Cc1ccc(-n2nc(C(C)(C)C)cc2NC(=O)Nc2ccc(C(C(=O)Cc3cn(C)c4ccccc34)C3CCNCC3)cc2)cc1. The van der Waals surface area contributed by atoms with Crippen molar-refractivity contribution in [2.75, 3.05) is 23.7 Å². The summed E-state index contributed by atoms with van der Waals surface area (Å²) in [7, 11) is 2.03. The number of aryl methyl sites for hydroxylation is 2. The predicted octanol–water partition coefficient (Wildman–Crippen LogP) is 7.51. The molecule has 1 aliphatic rings. The second-order valence-corrected chi connectivity index (χ2v) is 13.6. The lowest BCUT2D eigenvalue weighted by atomic mass is 9.76. The molecule has 0 spiro atoms. The molecule has 1 atom stereocenters. The zero-order valence-electron chi connectivity index (χ0n) is 27.4. The van der Waals surface area contributed by atoms with Gasteiger partial charge in [0.05, 0.1) is 11.4 Å². The number of hydrogen-bond donors (Lipinski definition) is 3. The van der Waals surface area contributed by atoms with E-state index in [4.69, 9.17) is 5.10 Å². The Bertz CT molecular complexity index is 1840. The van der Waals surface area contributed by atoms with E-state index in [9.17, 15) is 9.59 Å². The number of ketones is 1. The van der Waals surface area contributed by atoms with Gasteiger partial charge in [-0.3, -0.25) is 10.1 Å². The number of urea groups is 1. The van der Waals surface area contributed by atoms with E-state index >= 15 is 0 Å². The smallest absolute Gasteiger partial charge is 0.324 e. The molecule has 3 aromatic carbocycles. The molecule has 3 N–H and O–H groups in total. The van der Waals surface area contributed by atoms with Gasteiger partial charge in [0, 0.05) is 53.7 Å². The third-order valence-corrected chi connectivity index (χ3v) is 9.07. The van der Waals surface area contributed by atoms with E-state index in [0.717, 1.165) is 64.9 Å². The maximum absolute atomic E-state index is 14.1. The third kappa shape index (κ3) is 6.77. The summed E-state index contributed by atoms with van der Waals surface area (Å²) < 4.78 is 3.87. The molecular formula is C38H44N6O2. The van der Waals surface area contributed by atoms with Crippen molar-refractivity contribution >= 4 is 34.2 Å². The molecule has 2 aromatic heterocycles. The quantitative estimate of drug-likeness (QED) is 0.168. The van der Waals surface area contributed by atoms with Crippen LogP contribution in [0.15, 0.2) is 85.1 Å². The average molecular weight is 617 g/mol. The number of benzene rings is 3. The number of carbonyl (C=O) groups excluding carboxylic acids is 2. The number of piperidine rings is 1. The maximum Gasteiger partial charge on any atom is 0.324 e. The molecule has 1 saturated heterocycles. The molecule has 0 aliphatic carbocycles. The van der Waals surface area contributed by atoms with E-state index < -0.39 is 0 Å². The summed E-state index contributed by atoms with van der Waals surface area (Å²) in [6.07, 6.45) is 4.39. The van der Waals surface area contributed by atoms with Crippen LogP contribution in [0.1, 0.15) is 61.9 Å². The van der Waals surface area contributed by atoms with E-state index in [0.29, 0.717) is 17.9 Å². The molecule has 2 amide bonds. The molecule has 8 nitrogen and oxygen atoms in total. The van der Waals surface area contributed by atoms with Crippen LogP contribution in [-0.2, 0) is 23.7 Å². The van der Waals surface area contributed by atoms with Crippen molar-refractivity contribution in [1.82, 2.24) is 19.7 Å². The molecule has 0 radical (unpaired) electrons. The van der Waals surface area contributed by atoms with E-state index in [1.54, 1.807) is 4.68 Å². The zero-order valence-corrected chi connectivity index (χ0v) is 27.4. The van der Waals surface area contributed by atoms with Crippen molar-refractivity contribution in [2.24, 2.45) is 13.0 Å². The van der Waals surface area contributed by atoms with Crippen molar-refractivity contribution in [1.29, 1.82) is 0 Å². The zero-order chi connectivity index (χ0) is 32.4. The number of rotatable bonds is 8. The largest absolute Gasteiger partial charge is 0.350 e. The minimum Gasteiger partial charge on any atom is -0.350 e. The van der Waals surface area contributed by atoms with Gasteiger partial charge in [-0.1, -0.05) is 68.8 Å². The van der Waals surface area contributed by atoms with Gasteiger partial charge in [-0.15, -0.1) is 0 Å². The number of anilines is 2. The van der Waals surface area contributed by atoms with Gasteiger partial charge in [0.15, 0.2) is 0 Å². The summed E-state index contributed by atoms with van der Waals surface area (Å²) >= 11 is 0. The molecule has 5 aromatic rings. The van der Waals surface area contributed by atoms with Gasteiger partial charge < -0.3 is 15.2 Å². The highest BCUT2D eigenvalue weighted by Gasteiger charge is 2.31. The van der Waals surface area contributed by atoms with Crippen LogP contribution in [0.2, 0.25) is 0 Å². The lowest BCUT2D eigenvalue weighted by molar-refractivity contribution is -0.121. The molecule has 1 fully saturated rings. The number of Topliss-reactive ketones (excluding diaryl/α,β-unsaturated/α-hetero) is 1. The van der Waals surface area contributed by atoms with Crippen LogP contribution < -0.4 is 16.0 Å². The first-order valence-electron chi connectivity index (χ1n) is 16.2. The highest BCUT2D eigenvalue weighted by molar-refractivity contribution is 5.99. The molecule has 0 saturated carbocycles. The average Bonchev–Trinajstić information content (AvgIpc) is 3.60. The predicted molar refractivity (Wildman–Crippen MR) is 186 cm³/mol. The number of nitrogens with one attached hydrogen (secondary N) is 3. The molecule has 238 valence electrons. The van der Waals surface area contributed by atoms with E-state index in [1.807, 2.05) is 80.7 Å². The molecule has 6 rings (SSSR count). The van der Waals surface area contributed by atoms with E-state index in [1.165, 1.54) is 0 Å². The van der Waals surface area contributed by atoms with Crippen molar-refractivity contribution < 1.29 is 9.59 Å². The highest BCUT2D eigenvalue weighted by Crippen LogP contribution is 2.35. The molecular weight excluding hydrogens is 572 g/mol. The third-order valence-electron chi connectivity index (χ3n) is 9.07. The first-order chi connectivity index (χ1) is 22.1. The molecule has 8 heteroatoms. The number of aromatic nitrogens is 3. The fraction of sp³-hybridized carbons (Fsp3) is 0.342. The van der Waals surface area contributed by atoms with Crippen LogP contribution in [0, 0.1) is 12.8 Å². The molecule has 0 bridgehead atoms. The lowest BCUT2D eigenvalue weighted by Crippen LogP contribution is -2.34. The topological polar surface area (TPSA) is 93.0 Å². The van der Waals surface area contributed by atoms with E-state index in [-0.39, 0.29) is 29.1 Å². The second-order valence-electron chi connectivity index (χ2n) is 13.6. The molecule has 46 heavy (non-hydrogen) atoms. The lowest BCUT2D eigenvalue weighted by Gasteiger charge is -2.30. The van der Waals surface area contributed by atoms with Crippen LogP contribution in [0.5, 0.6) is 0 Å². The van der Waals surface area contributed by atoms with Gasteiger partial charge in [-0.05, 0) is 80.2 Å². The van der Waals surface area contributed by atoms with Crippen LogP contribution >= 0.6 is 0 Å². The highest BCUT2D eigenvalue weighted by atomic mass is 16.2. The summed E-state index contributed by atoms with van der Waals surface area (Å²) in [6, 6.07) is 25.7. The molecule has 1 aliphatic heterocycles. The van der Waals surface area contributed by atoms with Gasteiger partial charge in [0.25, 0.3) is 0 Å². The van der Waals surface area contributed by atoms with Crippen LogP contribution in [0.4, 0.5) is 16.3 Å². The fourth-order valence-electron chi connectivity index (χ4n) is 6.53. The monoisotopic (exact) mass is 616 g/mol. The summed E-state index contributed by atoms with van der Waals surface area (Å²) in [5.74, 6) is 0.891. The summed E-state index contributed by atoms with van der Waals surface area (Å²) in [5.41, 5.74) is 6.57. The standard InChI is InChI=1S/C38H44N6O2/c1-25-10-16-30(17-11-25)44-35(23-34(42-44)38(2,3)4)41-37(46)40-29-14-12-26(13-15-29)36(27-18-20-39-21-19-27)33(45)22-28-24-43(5)32-9-7-6-8-31(28)32/h6-17,23-24,27,36,39H,18-22H2,1-5H3,(H2,40,41,46). The van der Waals surface area contributed by atoms with Crippen LogP contribution in [0.25, 0.3) is 16.6 Å². The Balaban J connectivity index is 1.20. The summed E-state index contributed by atoms with van der Waals surface area (Å²) in [6.45, 7) is 10.2. The van der Waals surface area contributed by atoms with Crippen molar-refractivity contribution in [3.8, 4) is 5.69 Å². The Hall–Kier alpha value is -4.69. The minimum absolute atomic E-state index is 0.186. The van der Waals surface area contributed by atoms with Gasteiger partial charge >= 0.3 is 6.03 Å². The van der Waals surface area contributed by atoms with Gasteiger partial charge in [-0.2, -0.15) is 5.10 Å². The number of hydrogen-bond acceptors (Lipinski definition) is 4. The Morgan fingerprint density at radius 1 is 0.957 bits per heavy atom. The van der Waals surface area contributed by atoms with Crippen molar-refractivity contribution in [2.45, 2.75) is 58.3 Å². The number of fused-ring (bicyclic) bond motifs is 1. The first-order valence-corrected chi connectivity index (χ1v) is 16.2. The first kappa shape index (κ1) is 31.3. The van der Waals surface area contributed by atoms with Crippen LogP contribution in [0.3, 0.4) is 0 Å². The van der Waals surface area contributed by atoms with Gasteiger partial charge in [-0.25, -0.2) is 9.48 Å². The maximum atomic E-state index is 14.1. The van der Waals surface area contributed by atoms with Gasteiger partial charge in [0.2, 0.25) is 0 Å². The Labute approximate surface area is 271 Å². The van der Waals surface area contributed by atoms with Gasteiger partial charge in [0.1, 0.15) is 11.6 Å². The summed E-state index contributed by atoms with van der Waals surface area (Å²) in [5, 5.41) is 15.4. The minimum atomic E-state index is -0.358. The molecule has 3 heterocycles. The van der Waals surface area contributed by atoms with Crippen molar-refractivity contribution in [3.63, 3.8) is 0 Å². The van der Waals surface area contributed by atoms with Crippen LogP contribution in [-0.4, -0.2) is 39.3 Å². The number of amides is 2. The normalized spacial score (nSPS) is 14.7. The van der Waals surface area contributed by atoms with E-state index in [2.05, 4.69) is 59.6 Å². The summed E-state index contributed by atoms with van der Waals surface area (Å²) in [4.78, 5) is 27.3. The number of para-hydroxylation sites is 1. The number of nitrogens with zero attached hydrogens (tertiary/aromatic N) is 3. The fourth-order valence-corrected chi connectivity index (χ4v) is 6.53. The Morgan fingerprint density at radius 3 is 2.35 bits per heavy atom. The molecule has 1 unspecified atom stereocenters. The Kier molecular flexibility index (Phi) is 8.82. The second kappa shape index (κ2) is 13.0. The Morgan fingerprint density at radius 2 is 1.65 bits per heavy atom. The number of carbonyl (C=O) groups is 2.